The first kappa shape index (κ1) is 15.9. The van der Waals surface area contributed by atoms with Crippen LogP contribution in [-0.2, 0) is 11.3 Å². The van der Waals surface area contributed by atoms with Crippen molar-refractivity contribution in [2.75, 3.05) is 32.7 Å². The smallest absolute Gasteiger partial charge is 0.317 e. The number of amides is 2. The normalized spacial score (nSPS) is 27.2. The minimum Gasteiger partial charge on any atom is -0.481 e. The fraction of sp³-hybridized carbons (Fsp3) is 0.625. The molecule has 7 nitrogen and oxygen atoms in total. The number of hydrogen-bond donors (Lipinski definition) is 2. The molecule has 2 amide bonds. The molecule has 0 radical (unpaired) electrons. The first-order valence-corrected chi connectivity index (χ1v) is 7.98. The fourth-order valence-electron chi connectivity index (χ4n) is 3.80. The highest BCUT2D eigenvalue weighted by molar-refractivity contribution is 5.81. The molecule has 2 aliphatic rings. The summed E-state index contributed by atoms with van der Waals surface area (Å²) in [4.78, 5) is 27.7. The van der Waals surface area contributed by atoms with Gasteiger partial charge in [0.15, 0.2) is 0 Å². The van der Waals surface area contributed by atoms with Crippen molar-refractivity contribution in [3.63, 3.8) is 0 Å². The predicted octanol–water partition coefficient (Wildman–Crippen LogP) is 1.14. The molecule has 1 aromatic heterocycles. The van der Waals surface area contributed by atoms with E-state index in [9.17, 15) is 14.7 Å². The zero-order valence-electron chi connectivity index (χ0n) is 13.5. The van der Waals surface area contributed by atoms with Crippen LogP contribution < -0.4 is 5.32 Å². The molecule has 126 valence electrons. The lowest BCUT2D eigenvalue weighted by molar-refractivity contribution is -0.148. The second kappa shape index (κ2) is 5.88. The van der Waals surface area contributed by atoms with E-state index in [1.807, 2.05) is 26.0 Å². The lowest BCUT2D eigenvalue weighted by Gasteiger charge is -2.25. The van der Waals surface area contributed by atoms with Crippen molar-refractivity contribution in [3.05, 3.63) is 23.7 Å². The minimum atomic E-state index is -0.868. The summed E-state index contributed by atoms with van der Waals surface area (Å²) in [5.41, 5.74) is -0.868. The summed E-state index contributed by atoms with van der Waals surface area (Å²) in [7, 11) is 0. The van der Waals surface area contributed by atoms with E-state index in [-0.39, 0.29) is 18.5 Å². The zero-order valence-corrected chi connectivity index (χ0v) is 13.5. The van der Waals surface area contributed by atoms with Gasteiger partial charge in [-0.15, -0.1) is 0 Å². The standard InChI is InChI=1S/C16H23N3O4/c1-3-17-15(22)19-7-12-6-18(8-13-5-4-11(2)23-13)9-16(12,10-19)14(20)21/h4-5,12H,3,6-10H2,1-2H3,(H,17,22)(H,20,21)/t12-,16-/m0/s1. The molecule has 7 heteroatoms. The largest absolute Gasteiger partial charge is 0.481 e. The van der Waals surface area contributed by atoms with Crippen LogP contribution in [0.25, 0.3) is 0 Å². The zero-order chi connectivity index (χ0) is 16.6. The summed E-state index contributed by atoms with van der Waals surface area (Å²) < 4.78 is 5.59. The highest BCUT2D eigenvalue weighted by Crippen LogP contribution is 2.43. The Kier molecular flexibility index (Phi) is 4.06. The van der Waals surface area contributed by atoms with Gasteiger partial charge in [0.1, 0.15) is 16.9 Å². The maximum absolute atomic E-state index is 12.0. The van der Waals surface area contributed by atoms with Gasteiger partial charge in [-0.25, -0.2) is 4.79 Å². The molecular formula is C16H23N3O4. The van der Waals surface area contributed by atoms with Crippen LogP contribution in [0.3, 0.4) is 0 Å². The monoisotopic (exact) mass is 321 g/mol. The lowest BCUT2D eigenvalue weighted by Crippen LogP contribution is -2.44. The van der Waals surface area contributed by atoms with Crippen LogP contribution in [0.1, 0.15) is 18.4 Å². The number of hydrogen-bond acceptors (Lipinski definition) is 4. The maximum atomic E-state index is 12.0. The number of aryl methyl sites for hydroxylation is 1. The lowest BCUT2D eigenvalue weighted by atomic mass is 9.81. The molecule has 3 heterocycles. The van der Waals surface area contributed by atoms with Crippen molar-refractivity contribution in [2.45, 2.75) is 20.4 Å². The number of carboxylic acids is 1. The van der Waals surface area contributed by atoms with E-state index in [1.54, 1.807) is 4.90 Å². The number of aliphatic carboxylic acids is 1. The van der Waals surface area contributed by atoms with Crippen molar-refractivity contribution in [3.8, 4) is 0 Å². The molecule has 1 aromatic rings. The van der Waals surface area contributed by atoms with Crippen molar-refractivity contribution in [1.82, 2.24) is 15.1 Å². The summed E-state index contributed by atoms with van der Waals surface area (Å²) >= 11 is 0. The highest BCUT2D eigenvalue weighted by Gasteiger charge is 2.58. The van der Waals surface area contributed by atoms with Gasteiger partial charge in [-0.05, 0) is 26.0 Å². The summed E-state index contributed by atoms with van der Waals surface area (Å²) in [6.07, 6.45) is 0. The molecule has 0 saturated carbocycles. The quantitative estimate of drug-likeness (QED) is 0.868. The number of nitrogens with one attached hydrogen (secondary N) is 1. The van der Waals surface area contributed by atoms with Crippen LogP contribution >= 0.6 is 0 Å². The van der Waals surface area contributed by atoms with Gasteiger partial charge < -0.3 is 19.7 Å². The second-order valence-corrected chi connectivity index (χ2v) is 6.56. The number of carbonyl (C=O) groups is 2. The third-order valence-electron chi connectivity index (χ3n) is 4.90. The van der Waals surface area contributed by atoms with E-state index >= 15 is 0 Å². The molecule has 2 atom stereocenters. The second-order valence-electron chi connectivity index (χ2n) is 6.56. The average Bonchev–Trinajstić information content (AvgIpc) is 3.12. The van der Waals surface area contributed by atoms with Gasteiger partial charge in [0.2, 0.25) is 0 Å². The van der Waals surface area contributed by atoms with Crippen LogP contribution in [0.4, 0.5) is 4.79 Å². The average molecular weight is 321 g/mol. The molecule has 2 saturated heterocycles. The summed E-state index contributed by atoms with van der Waals surface area (Å²) in [5.74, 6) is 0.851. The van der Waals surface area contributed by atoms with Crippen LogP contribution in [0, 0.1) is 18.3 Å². The molecule has 0 aliphatic carbocycles. The Morgan fingerprint density at radius 1 is 1.39 bits per heavy atom. The van der Waals surface area contributed by atoms with E-state index in [0.29, 0.717) is 32.7 Å². The van der Waals surface area contributed by atoms with Crippen LogP contribution in [0.5, 0.6) is 0 Å². The Morgan fingerprint density at radius 2 is 2.17 bits per heavy atom. The van der Waals surface area contributed by atoms with Gasteiger partial charge in [-0.1, -0.05) is 0 Å². The minimum absolute atomic E-state index is 0.0429. The van der Waals surface area contributed by atoms with E-state index in [0.717, 1.165) is 11.5 Å². The van der Waals surface area contributed by atoms with Gasteiger partial charge >= 0.3 is 12.0 Å². The van der Waals surface area contributed by atoms with Gasteiger partial charge in [0, 0.05) is 38.6 Å². The number of rotatable bonds is 4. The Hall–Kier alpha value is -2.02. The molecule has 0 bridgehead atoms. The number of fused-ring (bicyclic) bond motifs is 1. The van der Waals surface area contributed by atoms with Gasteiger partial charge in [-0.3, -0.25) is 9.69 Å². The molecule has 0 spiro atoms. The predicted molar refractivity (Wildman–Crippen MR) is 82.9 cm³/mol. The number of furan rings is 1. The fourth-order valence-corrected chi connectivity index (χ4v) is 3.80. The van der Waals surface area contributed by atoms with E-state index in [4.69, 9.17) is 4.42 Å². The van der Waals surface area contributed by atoms with Crippen LogP contribution in [-0.4, -0.2) is 59.6 Å². The summed E-state index contributed by atoms with van der Waals surface area (Å²) in [5, 5.41) is 12.5. The Balaban J connectivity index is 1.71. The van der Waals surface area contributed by atoms with E-state index in [1.165, 1.54) is 0 Å². The number of nitrogens with zero attached hydrogens (tertiary/aromatic N) is 2. The molecule has 0 aromatic carbocycles. The topological polar surface area (TPSA) is 86.0 Å². The number of carbonyl (C=O) groups excluding carboxylic acids is 1. The van der Waals surface area contributed by atoms with Crippen LogP contribution in [0.2, 0.25) is 0 Å². The third kappa shape index (κ3) is 2.81. The first-order valence-electron chi connectivity index (χ1n) is 7.98. The van der Waals surface area contributed by atoms with E-state index < -0.39 is 11.4 Å². The molecule has 3 rings (SSSR count). The molecule has 23 heavy (non-hydrogen) atoms. The molecule has 2 aliphatic heterocycles. The van der Waals surface area contributed by atoms with Crippen molar-refractivity contribution in [1.29, 1.82) is 0 Å². The highest BCUT2D eigenvalue weighted by atomic mass is 16.4. The number of likely N-dealkylation sites (tertiary alicyclic amines) is 2. The Morgan fingerprint density at radius 3 is 2.74 bits per heavy atom. The van der Waals surface area contributed by atoms with Crippen LogP contribution in [0.15, 0.2) is 16.5 Å². The Labute approximate surface area is 135 Å². The maximum Gasteiger partial charge on any atom is 0.317 e. The van der Waals surface area contributed by atoms with Gasteiger partial charge in [0.05, 0.1) is 6.54 Å². The van der Waals surface area contributed by atoms with Crippen molar-refractivity contribution >= 4 is 12.0 Å². The number of carboxylic acid groups (broad SMARTS) is 1. The van der Waals surface area contributed by atoms with Crippen molar-refractivity contribution < 1.29 is 19.1 Å². The summed E-state index contributed by atoms with van der Waals surface area (Å²) in [6, 6.07) is 3.67. The molecule has 2 fully saturated rings. The first-order chi connectivity index (χ1) is 10.9. The SMILES string of the molecule is CCNC(=O)N1C[C@@H]2CN(Cc3ccc(C)o3)C[C@]2(C(=O)O)C1. The third-order valence-corrected chi connectivity index (χ3v) is 4.90. The van der Waals surface area contributed by atoms with E-state index in [2.05, 4.69) is 10.2 Å². The Bertz CT molecular complexity index is 614. The number of urea groups is 1. The summed E-state index contributed by atoms with van der Waals surface area (Å²) in [6.45, 7) is 6.79. The van der Waals surface area contributed by atoms with Gasteiger partial charge in [0.25, 0.3) is 0 Å². The molecule has 2 N–H and O–H groups in total. The molecular weight excluding hydrogens is 298 g/mol. The van der Waals surface area contributed by atoms with Crippen molar-refractivity contribution in [2.24, 2.45) is 11.3 Å². The molecule has 0 unspecified atom stereocenters. The van der Waals surface area contributed by atoms with Gasteiger partial charge in [-0.2, -0.15) is 0 Å².